The van der Waals surface area contributed by atoms with E-state index in [4.69, 9.17) is 9.97 Å². The lowest BCUT2D eigenvalue weighted by Gasteiger charge is -2.17. The Morgan fingerprint density at radius 1 is 0.412 bits per heavy atom. The molecule has 156 valence electrons. The van der Waals surface area contributed by atoms with Crippen molar-refractivity contribution in [2.75, 3.05) is 0 Å². The lowest BCUT2D eigenvalue weighted by molar-refractivity contribution is 1.28. The Bertz CT molecular complexity index is 2060. The molecule has 3 nitrogen and oxygen atoms in total. The average molecular weight is 431 g/mol. The summed E-state index contributed by atoms with van der Waals surface area (Å²) in [5, 5.41) is 12.1. The van der Waals surface area contributed by atoms with Crippen LogP contribution >= 0.6 is 0 Å². The predicted molar refractivity (Wildman–Crippen MR) is 141 cm³/mol. The van der Waals surface area contributed by atoms with Crippen LogP contribution in [-0.4, -0.2) is 15.0 Å². The van der Waals surface area contributed by atoms with Gasteiger partial charge in [-0.3, -0.25) is 9.97 Å². The maximum absolute atomic E-state index is 5.19. The highest BCUT2D eigenvalue weighted by atomic mass is 14.8. The molecule has 0 saturated heterocycles. The quantitative estimate of drug-likeness (QED) is 0.196. The molecule has 0 radical (unpaired) electrons. The van der Waals surface area contributed by atoms with Gasteiger partial charge in [0.2, 0.25) is 0 Å². The second kappa shape index (κ2) is 6.46. The summed E-state index contributed by atoms with van der Waals surface area (Å²) in [5.74, 6) is 0. The van der Waals surface area contributed by atoms with Crippen LogP contribution in [0, 0.1) is 0 Å². The highest BCUT2D eigenvalue weighted by Gasteiger charge is 2.19. The largest absolute Gasteiger partial charge is 0.256 e. The molecule has 0 bridgehead atoms. The first-order valence-corrected chi connectivity index (χ1v) is 11.5. The van der Waals surface area contributed by atoms with Gasteiger partial charge in [-0.15, -0.1) is 0 Å². The van der Waals surface area contributed by atoms with Crippen molar-refractivity contribution in [2.24, 2.45) is 0 Å². The van der Waals surface area contributed by atoms with Crippen molar-refractivity contribution in [2.45, 2.75) is 0 Å². The normalized spacial score (nSPS) is 12.1. The number of hydrogen-bond donors (Lipinski definition) is 0. The molecule has 8 rings (SSSR count). The van der Waals surface area contributed by atoms with Gasteiger partial charge < -0.3 is 0 Å². The zero-order valence-electron chi connectivity index (χ0n) is 18.2. The fourth-order valence-corrected chi connectivity index (χ4v) is 5.64. The van der Waals surface area contributed by atoms with E-state index >= 15 is 0 Å². The Labute approximate surface area is 194 Å². The minimum Gasteiger partial charge on any atom is -0.256 e. The van der Waals surface area contributed by atoms with Crippen molar-refractivity contribution in [1.82, 2.24) is 15.0 Å². The van der Waals surface area contributed by atoms with Crippen LogP contribution in [0.1, 0.15) is 0 Å². The minimum absolute atomic E-state index is 0.884. The first kappa shape index (κ1) is 17.9. The van der Waals surface area contributed by atoms with Crippen LogP contribution in [-0.2, 0) is 0 Å². The van der Waals surface area contributed by atoms with E-state index < -0.39 is 0 Å². The molecule has 3 heteroatoms. The van der Waals surface area contributed by atoms with Crippen molar-refractivity contribution in [3.05, 3.63) is 103 Å². The van der Waals surface area contributed by atoms with Crippen LogP contribution in [0.5, 0.6) is 0 Å². The molecule has 0 spiro atoms. The molecule has 0 unspecified atom stereocenters. The molecule has 5 aromatic carbocycles. The molecule has 0 amide bonds. The van der Waals surface area contributed by atoms with Crippen LogP contribution in [0.4, 0.5) is 0 Å². The zero-order chi connectivity index (χ0) is 22.2. The van der Waals surface area contributed by atoms with Gasteiger partial charge in [0.15, 0.2) is 0 Å². The summed E-state index contributed by atoms with van der Waals surface area (Å²) < 4.78 is 0. The van der Waals surface area contributed by atoms with E-state index in [1.807, 2.05) is 36.7 Å². The summed E-state index contributed by atoms with van der Waals surface area (Å²) in [6.07, 6.45) is 3.71. The number of benzene rings is 5. The number of nitrogens with zero attached hydrogens (tertiary/aromatic N) is 3. The van der Waals surface area contributed by atoms with Crippen molar-refractivity contribution < 1.29 is 0 Å². The van der Waals surface area contributed by atoms with E-state index in [-0.39, 0.29) is 0 Å². The summed E-state index contributed by atoms with van der Waals surface area (Å²) in [4.78, 5) is 14.6. The average Bonchev–Trinajstić information content (AvgIpc) is 2.90. The van der Waals surface area contributed by atoms with Crippen LogP contribution in [0.25, 0.3) is 76.3 Å². The monoisotopic (exact) mass is 431 g/mol. The van der Waals surface area contributed by atoms with Gasteiger partial charge in [-0.05, 0) is 68.7 Å². The third-order valence-electron chi connectivity index (χ3n) is 7.02. The number of pyridine rings is 3. The molecule has 0 aliphatic rings. The van der Waals surface area contributed by atoms with Gasteiger partial charge in [0.05, 0.1) is 22.4 Å². The van der Waals surface area contributed by atoms with Gasteiger partial charge in [-0.1, -0.05) is 54.6 Å². The molecule has 8 aromatic rings. The molecular weight excluding hydrogens is 414 g/mol. The third-order valence-corrected chi connectivity index (χ3v) is 7.02. The molecule has 3 heterocycles. The first-order chi connectivity index (χ1) is 16.9. The Hall–Kier alpha value is -4.63. The molecule has 3 aromatic heterocycles. The van der Waals surface area contributed by atoms with E-state index in [1.54, 1.807) is 0 Å². The standard InChI is InChI=1S/C31H17N3/c1-2-14-32-24(11-1)25-13-12-21-17-19-7-3-9-22-27(19)29(31(21)34-25)23-10-4-6-18-16-20-8-5-15-33-30(20)28(22)26(18)23/h1-17H. The van der Waals surface area contributed by atoms with Gasteiger partial charge in [0, 0.05) is 33.9 Å². The topological polar surface area (TPSA) is 38.7 Å². The Balaban J connectivity index is 1.68. The van der Waals surface area contributed by atoms with Gasteiger partial charge in [0.25, 0.3) is 0 Å². The Morgan fingerprint density at radius 2 is 1.09 bits per heavy atom. The minimum atomic E-state index is 0.884. The maximum atomic E-state index is 5.19. The first-order valence-electron chi connectivity index (χ1n) is 11.5. The van der Waals surface area contributed by atoms with Crippen molar-refractivity contribution in [1.29, 1.82) is 0 Å². The molecule has 0 fully saturated rings. The predicted octanol–water partition coefficient (Wildman–Crippen LogP) is 7.90. The van der Waals surface area contributed by atoms with Crippen LogP contribution in [0.3, 0.4) is 0 Å². The summed E-state index contributed by atoms with van der Waals surface area (Å²) in [7, 11) is 0. The Kier molecular flexibility index (Phi) is 3.39. The van der Waals surface area contributed by atoms with E-state index in [0.29, 0.717) is 0 Å². The Morgan fingerprint density at radius 3 is 1.82 bits per heavy atom. The fourth-order valence-electron chi connectivity index (χ4n) is 5.64. The molecule has 0 aliphatic carbocycles. The van der Waals surface area contributed by atoms with Crippen LogP contribution < -0.4 is 0 Å². The van der Waals surface area contributed by atoms with Crippen molar-refractivity contribution in [3.63, 3.8) is 0 Å². The third kappa shape index (κ3) is 2.28. The summed E-state index contributed by atoms with van der Waals surface area (Å²) >= 11 is 0. The van der Waals surface area contributed by atoms with Crippen LogP contribution in [0.15, 0.2) is 103 Å². The highest BCUT2D eigenvalue weighted by Crippen LogP contribution is 2.45. The van der Waals surface area contributed by atoms with E-state index in [9.17, 15) is 0 Å². The SMILES string of the molecule is c1ccc(-c2ccc3cc4cccc5c4c(c4cccc6cc7cccnc7c5c64)c3n2)nc1. The highest BCUT2D eigenvalue weighted by molar-refractivity contribution is 6.40. The lowest BCUT2D eigenvalue weighted by atomic mass is 9.87. The summed E-state index contributed by atoms with van der Waals surface area (Å²) in [5.41, 5.74) is 3.84. The number of rotatable bonds is 1. The molecule has 0 atom stereocenters. The van der Waals surface area contributed by atoms with E-state index in [1.165, 1.54) is 48.5 Å². The number of fused-ring (bicyclic) bond motifs is 6. The maximum Gasteiger partial charge on any atom is 0.0894 e. The molecule has 0 aliphatic heterocycles. The number of hydrogen-bond acceptors (Lipinski definition) is 3. The second-order valence-corrected chi connectivity index (χ2v) is 8.87. The van der Waals surface area contributed by atoms with Crippen molar-refractivity contribution >= 4 is 64.9 Å². The second-order valence-electron chi connectivity index (χ2n) is 8.87. The van der Waals surface area contributed by atoms with Crippen LogP contribution in [0.2, 0.25) is 0 Å². The van der Waals surface area contributed by atoms with E-state index in [0.717, 1.165) is 27.8 Å². The zero-order valence-corrected chi connectivity index (χ0v) is 18.2. The number of aromatic nitrogens is 3. The van der Waals surface area contributed by atoms with Gasteiger partial charge >= 0.3 is 0 Å². The molecule has 0 N–H and O–H groups in total. The van der Waals surface area contributed by atoms with Gasteiger partial charge in [0.1, 0.15) is 0 Å². The fraction of sp³-hybridized carbons (Fsp3) is 0. The smallest absolute Gasteiger partial charge is 0.0894 e. The molecule has 34 heavy (non-hydrogen) atoms. The molecule has 0 saturated carbocycles. The van der Waals surface area contributed by atoms with E-state index in [2.05, 4.69) is 71.7 Å². The van der Waals surface area contributed by atoms with Crippen molar-refractivity contribution in [3.8, 4) is 11.4 Å². The lowest BCUT2D eigenvalue weighted by Crippen LogP contribution is -1.93. The summed E-state index contributed by atoms with van der Waals surface area (Å²) in [6, 6.07) is 32.1. The summed E-state index contributed by atoms with van der Waals surface area (Å²) in [6.45, 7) is 0. The molecular formula is C31H17N3. The van der Waals surface area contributed by atoms with Gasteiger partial charge in [-0.25, -0.2) is 4.98 Å². The van der Waals surface area contributed by atoms with Gasteiger partial charge in [-0.2, -0.15) is 0 Å².